The summed E-state index contributed by atoms with van der Waals surface area (Å²) in [6.45, 7) is 0. The largest absolute Gasteiger partial charge is 0.321 e. The summed E-state index contributed by atoms with van der Waals surface area (Å²) < 4.78 is 1.06. The number of para-hydroxylation sites is 1. The van der Waals surface area contributed by atoms with Crippen LogP contribution in [-0.2, 0) is 0 Å². The molecule has 0 atom stereocenters. The highest BCUT2D eigenvalue weighted by molar-refractivity contribution is 9.10. The van der Waals surface area contributed by atoms with Gasteiger partial charge in [0.05, 0.1) is 0 Å². The molecule has 0 heterocycles. The summed E-state index contributed by atoms with van der Waals surface area (Å²) >= 11 is 3.64. The van der Waals surface area contributed by atoms with Gasteiger partial charge in [-0.25, -0.2) is 0 Å². The van der Waals surface area contributed by atoms with Crippen molar-refractivity contribution in [3.05, 3.63) is 113 Å². The van der Waals surface area contributed by atoms with E-state index in [0.29, 0.717) is 5.56 Å². The quantitative estimate of drug-likeness (QED) is 0.299. The zero-order valence-electron chi connectivity index (χ0n) is 16.1. The molecule has 0 unspecified atom stereocenters. The number of halogens is 1. The monoisotopic (exact) mass is 451 g/mol. The zero-order valence-corrected chi connectivity index (χ0v) is 17.7. The molecule has 5 aromatic carbocycles. The van der Waals surface area contributed by atoms with E-state index in [1.807, 2.05) is 84.9 Å². The third-order valence-electron chi connectivity index (χ3n) is 5.35. The summed E-state index contributed by atoms with van der Waals surface area (Å²) in [4.78, 5) is 13.0. The molecule has 0 aliphatic rings. The van der Waals surface area contributed by atoms with Crippen molar-refractivity contribution < 1.29 is 4.79 Å². The minimum Gasteiger partial charge on any atom is -0.321 e. The molecule has 1 N–H and O–H groups in total. The molecule has 0 bridgehead atoms. The highest BCUT2D eigenvalue weighted by Gasteiger charge is 2.13. The van der Waals surface area contributed by atoms with Crippen LogP contribution in [0.3, 0.4) is 0 Å². The van der Waals surface area contributed by atoms with E-state index in [1.54, 1.807) is 0 Å². The Morgan fingerprint density at radius 3 is 2.23 bits per heavy atom. The summed E-state index contributed by atoms with van der Waals surface area (Å²) in [5, 5.41) is 7.58. The predicted octanol–water partition coefficient (Wildman–Crippen LogP) is 7.67. The third-order valence-corrected chi connectivity index (χ3v) is 6.04. The number of hydrogen-bond acceptors (Lipinski definition) is 1. The predicted molar refractivity (Wildman–Crippen MR) is 129 cm³/mol. The van der Waals surface area contributed by atoms with Crippen LogP contribution in [0.25, 0.3) is 32.7 Å². The van der Waals surface area contributed by atoms with Gasteiger partial charge >= 0.3 is 0 Å². The van der Waals surface area contributed by atoms with Gasteiger partial charge in [0.15, 0.2) is 0 Å². The van der Waals surface area contributed by atoms with E-state index in [1.165, 1.54) is 0 Å². The van der Waals surface area contributed by atoms with Crippen LogP contribution in [0.15, 0.2) is 108 Å². The van der Waals surface area contributed by atoms with E-state index in [2.05, 4.69) is 39.4 Å². The van der Waals surface area contributed by atoms with Gasteiger partial charge in [0.1, 0.15) is 0 Å². The molecule has 1 amide bonds. The first-order valence-corrected chi connectivity index (χ1v) is 10.6. The molecular weight excluding hydrogens is 434 g/mol. The first-order valence-electron chi connectivity index (χ1n) is 9.77. The Balaban J connectivity index is 1.56. The van der Waals surface area contributed by atoms with Gasteiger partial charge in [-0.15, -0.1) is 0 Å². The lowest BCUT2D eigenvalue weighted by Gasteiger charge is -2.14. The third kappa shape index (κ3) is 3.38. The van der Waals surface area contributed by atoms with Crippen molar-refractivity contribution in [3.8, 4) is 11.1 Å². The average molecular weight is 452 g/mol. The van der Waals surface area contributed by atoms with E-state index in [0.717, 1.165) is 42.8 Å². The van der Waals surface area contributed by atoms with Gasteiger partial charge in [0.2, 0.25) is 0 Å². The van der Waals surface area contributed by atoms with Gasteiger partial charge in [0.25, 0.3) is 5.91 Å². The number of nitrogens with one attached hydrogen (secondary N) is 1. The molecule has 2 nitrogen and oxygen atoms in total. The van der Waals surface area contributed by atoms with Gasteiger partial charge in [0, 0.05) is 21.3 Å². The number of amides is 1. The lowest BCUT2D eigenvalue weighted by Crippen LogP contribution is -2.12. The SMILES string of the molecule is O=C(Nc1ccccc1-c1cccc2c(Br)cccc12)c1ccc2ccccc2c1. The second-order valence-electron chi connectivity index (χ2n) is 7.20. The van der Waals surface area contributed by atoms with Crippen LogP contribution in [0.5, 0.6) is 0 Å². The smallest absolute Gasteiger partial charge is 0.255 e. The lowest BCUT2D eigenvalue weighted by atomic mass is 9.97. The topological polar surface area (TPSA) is 29.1 Å². The van der Waals surface area contributed by atoms with Crippen molar-refractivity contribution in [3.63, 3.8) is 0 Å². The molecule has 0 aliphatic heterocycles. The molecule has 3 heteroatoms. The van der Waals surface area contributed by atoms with Crippen LogP contribution in [0.1, 0.15) is 10.4 Å². The summed E-state index contributed by atoms with van der Waals surface area (Å²) in [5.41, 5.74) is 3.52. The summed E-state index contributed by atoms with van der Waals surface area (Å²) in [7, 11) is 0. The zero-order chi connectivity index (χ0) is 20.5. The molecule has 30 heavy (non-hydrogen) atoms. The second kappa shape index (κ2) is 7.77. The van der Waals surface area contributed by atoms with Crippen LogP contribution in [0.4, 0.5) is 5.69 Å². The first-order chi connectivity index (χ1) is 14.7. The van der Waals surface area contributed by atoms with Gasteiger partial charge in [-0.2, -0.15) is 0 Å². The number of rotatable bonds is 3. The highest BCUT2D eigenvalue weighted by Crippen LogP contribution is 2.36. The molecular formula is C27H18BrNO. The van der Waals surface area contributed by atoms with Crippen molar-refractivity contribution in [2.45, 2.75) is 0 Å². The van der Waals surface area contributed by atoms with Gasteiger partial charge in [-0.1, -0.05) is 94.8 Å². The Morgan fingerprint density at radius 1 is 0.633 bits per heavy atom. The molecule has 144 valence electrons. The van der Waals surface area contributed by atoms with Crippen LogP contribution in [0, 0.1) is 0 Å². The number of carbonyl (C=O) groups is 1. The standard InChI is InChI=1S/C27H18BrNO/c28-25-13-6-11-21-22(10-5-12-23(21)25)24-9-3-4-14-26(24)29-27(30)20-16-15-18-7-1-2-8-19(18)17-20/h1-17H,(H,29,30). The average Bonchev–Trinajstić information content (AvgIpc) is 2.79. The number of anilines is 1. The van der Waals surface area contributed by atoms with Crippen molar-refractivity contribution >= 4 is 49.1 Å². The Hall–Kier alpha value is -3.43. The lowest BCUT2D eigenvalue weighted by molar-refractivity contribution is 0.102. The maximum Gasteiger partial charge on any atom is 0.255 e. The fourth-order valence-electron chi connectivity index (χ4n) is 3.86. The Kier molecular flexibility index (Phi) is 4.82. The van der Waals surface area contributed by atoms with E-state index in [4.69, 9.17) is 0 Å². The van der Waals surface area contributed by atoms with Crippen LogP contribution < -0.4 is 5.32 Å². The molecule has 0 radical (unpaired) electrons. The maximum absolute atomic E-state index is 13.0. The van der Waals surface area contributed by atoms with Crippen molar-refractivity contribution in [2.75, 3.05) is 5.32 Å². The Labute approximate surface area is 183 Å². The minimum absolute atomic E-state index is 0.116. The van der Waals surface area contributed by atoms with Crippen molar-refractivity contribution in [1.82, 2.24) is 0 Å². The Bertz CT molecular complexity index is 1410. The van der Waals surface area contributed by atoms with Gasteiger partial charge in [-0.05, 0) is 51.4 Å². The molecule has 0 aromatic heterocycles. The molecule has 0 saturated heterocycles. The van der Waals surface area contributed by atoms with Crippen molar-refractivity contribution in [2.24, 2.45) is 0 Å². The molecule has 0 saturated carbocycles. The van der Waals surface area contributed by atoms with E-state index in [9.17, 15) is 4.79 Å². The number of carbonyl (C=O) groups excluding carboxylic acids is 1. The molecule has 0 aliphatic carbocycles. The van der Waals surface area contributed by atoms with Gasteiger partial charge in [-0.3, -0.25) is 4.79 Å². The minimum atomic E-state index is -0.116. The fourth-order valence-corrected chi connectivity index (χ4v) is 4.36. The number of hydrogen-bond donors (Lipinski definition) is 1. The Morgan fingerprint density at radius 2 is 1.33 bits per heavy atom. The van der Waals surface area contributed by atoms with Crippen molar-refractivity contribution in [1.29, 1.82) is 0 Å². The van der Waals surface area contributed by atoms with E-state index < -0.39 is 0 Å². The summed E-state index contributed by atoms with van der Waals surface area (Å²) in [6, 6.07) is 34.2. The van der Waals surface area contributed by atoms with Crippen LogP contribution in [0.2, 0.25) is 0 Å². The molecule has 0 spiro atoms. The summed E-state index contributed by atoms with van der Waals surface area (Å²) in [5.74, 6) is -0.116. The molecule has 0 fully saturated rings. The van der Waals surface area contributed by atoms with Crippen LogP contribution in [-0.4, -0.2) is 5.91 Å². The van der Waals surface area contributed by atoms with Gasteiger partial charge < -0.3 is 5.32 Å². The first kappa shape index (κ1) is 18.6. The number of fused-ring (bicyclic) bond motifs is 2. The molecule has 5 aromatic rings. The van der Waals surface area contributed by atoms with E-state index >= 15 is 0 Å². The number of benzene rings is 5. The maximum atomic E-state index is 13.0. The highest BCUT2D eigenvalue weighted by atomic mass is 79.9. The normalized spacial score (nSPS) is 11.0. The fraction of sp³-hybridized carbons (Fsp3) is 0. The van der Waals surface area contributed by atoms with Crippen LogP contribution >= 0.6 is 15.9 Å². The van der Waals surface area contributed by atoms with E-state index in [-0.39, 0.29) is 5.91 Å². The second-order valence-corrected chi connectivity index (χ2v) is 8.06. The summed E-state index contributed by atoms with van der Waals surface area (Å²) in [6.07, 6.45) is 0. The molecule has 5 rings (SSSR count).